The number of rotatable bonds is 11. The van der Waals surface area contributed by atoms with Crippen LogP contribution in [0.3, 0.4) is 0 Å². The predicted octanol–water partition coefficient (Wildman–Crippen LogP) is 5.56. The average Bonchev–Trinajstić information content (AvgIpc) is 3.28. The van der Waals surface area contributed by atoms with E-state index in [9.17, 15) is 9.59 Å². The molecule has 0 unspecified atom stereocenters. The van der Waals surface area contributed by atoms with Crippen molar-refractivity contribution in [3.63, 3.8) is 0 Å². The molecule has 0 amide bonds. The van der Waals surface area contributed by atoms with Crippen LogP contribution >= 0.6 is 11.3 Å². The summed E-state index contributed by atoms with van der Waals surface area (Å²) in [5.41, 5.74) is 4.85. The van der Waals surface area contributed by atoms with E-state index in [-0.39, 0.29) is 12.2 Å². The Morgan fingerprint density at radius 1 is 1.10 bits per heavy atom. The molecular weight excluding hydrogens is 534 g/mol. The van der Waals surface area contributed by atoms with Crippen molar-refractivity contribution in [3.8, 4) is 5.75 Å². The van der Waals surface area contributed by atoms with E-state index in [4.69, 9.17) is 14.5 Å². The van der Waals surface area contributed by atoms with Crippen LogP contribution in [-0.4, -0.2) is 37.3 Å². The summed E-state index contributed by atoms with van der Waals surface area (Å²) in [6.07, 6.45) is 3.28. The van der Waals surface area contributed by atoms with E-state index in [1.165, 1.54) is 16.9 Å². The van der Waals surface area contributed by atoms with E-state index in [0.29, 0.717) is 38.7 Å². The lowest BCUT2D eigenvalue weighted by molar-refractivity contribution is -0.139. The summed E-state index contributed by atoms with van der Waals surface area (Å²) in [5, 5.41) is 0. The lowest BCUT2D eigenvalue weighted by atomic mass is 9.92. The zero-order valence-corrected chi connectivity index (χ0v) is 26.0. The second-order valence-electron chi connectivity index (χ2n) is 10.3. The highest BCUT2D eigenvalue weighted by Gasteiger charge is 2.34. The molecular formula is C33H41N3O4S. The summed E-state index contributed by atoms with van der Waals surface area (Å²) in [6.45, 7) is 14.4. The first-order valence-corrected chi connectivity index (χ1v) is 15.3. The maximum absolute atomic E-state index is 14.1. The quantitative estimate of drug-likeness (QED) is 0.280. The number of allylic oxidation sites excluding steroid dienone is 1. The van der Waals surface area contributed by atoms with E-state index in [2.05, 4.69) is 57.7 Å². The van der Waals surface area contributed by atoms with Gasteiger partial charge in [0.25, 0.3) is 5.56 Å². The summed E-state index contributed by atoms with van der Waals surface area (Å²) in [7, 11) is 1.64. The maximum atomic E-state index is 14.1. The number of aromatic nitrogens is 1. The van der Waals surface area contributed by atoms with Crippen LogP contribution < -0.4 is 24.5 Å². The number of carbonyl (C=O) groups excluding carboxylic acids is 1. The summed E-state index contributed by atoms with van der Waals surface area (Å²) < 4.78 is 13.4. The van der Waals surface area contributed by atoms with Crippen molar-refractivity contribution in [2.45, 2.75) is 66.3 Å². The highest BCUT2D eigenvalue weighted by Crippen LogP contribution is 2.33. The van der Waals surface area contributed by atoms with Crippen LogP contribution in [0.2, 0.25) is 0 Å². The van der Waals surface area contributed by atoms with E-state index in [1.807, 2.05) is 30.3 Å². The smallest absolute Gasteiger partial charge is 0.338 e. The molecule has 4 rings (SSSR count). The van der Waals surface area contributed by atoms with Crippen LogP contribution in [0.15, 0.2) is 63.5 Å². The number of ether oxygens (including phenoxy) is 2. The largest absolute Gasteiger partial charge is 0.496 e. The number of hydrogen-bond acceptors (Lipinski definition) is 7. The van der Waals surface area contributed by atoms with Crippen molar-refractivity contribution in [2.75, 3.05) is 31.7 Å². The van der Waals surface area contributed by atoms with Crippen LogP contribution in [0.25, 0.3) is 6.08 Å². The Morgan fingerprint density at radius 2 is 1.80 bits per heavy atom. The summed E-state index contributed by atoms with van der Waals surface area (Å²) in [4.78, 5) is 35.2. The van der Waals surface area contributed by atoms with Crippen molar-refractivity contribution in [1.82, 2.24) is 4.57 Å². The molecule has 0 N–H and O–H groups in total. The van der Waals surface area contributed by atoms with Gasteiger partial charge in [0.1, 0.15) is 5.75 Å². The maximum Gasteiger partial charge on any atom is 0.338 e. The van der Waals surface area contributed by atoms with Crippen molar-refractivity contribution < 1.29 is 14.3 Å². The van der Waals surface area contributed by atoms with E-state index in [0.717, 1.165) is 36.3 Å². The van der Waals surface area contributed by atoms with Crippen molar-refractivity contribution in [1.29, 1.82) is 0 Å². The molecule has 41 heavy (non-hydrogen) atoms. The van der Waals surface area contributed by atoms with Gasteiger partial charge in [0.05, 0.1) is 35.6 Å². The monoisotopic (exact) mass is 575 g/mol. The molecule has 2 aromatic carbocycles. The predicted molar refractivity (Wildman–Crippen MR) is 167 cm³/mol. The number of fused-ring (bicyclic) bond motifs is 1. The third-order valence-electron chi connectivity index (χ3n) is 7.44. The molecule has 0 saturated heterocycles. The third-order valence-corrected chi connectivity index (χ3v) is 8.43. The molecule has 3 aromatic rings. The van der Waals surface area contributed by atoms with Gasteiger partial charge in [0, 0.05) is 30.4 Å². The van der Waals surface area contributed by atoms with Crippen molar-refractivity contribution in [3.05, 3.63) is 90.1 Å². The van der Waals surface area contributed by atoms with Crippen LogP contribution in [-0.2, 0) is 9.53 Å². The Bertz CT molecular complexity index is 1590. The van der Waals surface area contributed by atoms with Crippen LogP contribution in [0.5, 0.6) is 5.75 Å². The SMILES string of the molecule is CCCC1=C(C(=O)OCC)[C@H](c2ccc(C(C)C)cc2)n2c(s/c(=C\c3ccc(N(CC)CC)cc3OC)c2=O)=N1. The number of carbonyl (C=O) groups is 1. The van der Waals surface area contributed by atoms with Gasteiger partial charge < -0.3 is 14.4 Å². The highest BCUT2D eigenvalue weighted by atomic mass is 32.1. The fraction of sp³-hybridized carbons (Fsp3) is 0.424. The Morgan fingerprint density at radius 3 is 2.39 bits per heavy atom. The Labute approximate surface area is 246 Å². The topological polar surface area (TPSA) is 73.1 Å². The first kappa shape index (κ1) is 30.3. The van der Waals surface area contributed by atoms with E-state index in [1.54, 1.807) is 18.6 Å². The Kier molecular flexibility index (Phi) is 9.86. The average molecular weight is 576 g/mol. The number of esters is 1. The minimum atomic E-state index is -0.623. The van der Waals surface area contributed by atoms with Gasteiger partial charge in [-0.3, -0.25) is 9.36 Å². The molecule has 1 aliphatic rings. The number of anilines is 1. The van der Waals surface area contributed by atoms with Gasteiger partial charge in [0.15, 0.2) is 4.80 Å². The van der Waals surface area contributed by atoms with E-state index >= 15 is 0 Å². The number of thiazole rings is 1. The van der Waals surface area contributed by atoms with Gasteiger partial charge in [-0.1, -0.05) is 62.8 Å². The van der Waals surface area contributed by atoms with Crippen LogP contribution in [0.4, 0.5) is 5.69 Å². The van der Waals surface area contributed by atoms with Gasteiger partial charge in [-0.15, -0.1) is 0 Å². The molecule has 1 aliphatic heterocycles. The number of benzene rings is 2. The zero-order valence-electron chi connectivity index (χ0n) is 25.2. The molecule has 1 atom stereocenters. The molecule has 0 bridgehead atoms. The minimum absolute atomic E-state index is 0.195. The fourth-order valence-electron chi connectivity index (χ4n) is 5.25. The molecule has 8 heteroatoms. The molecule has 0 spiro atoms. The second kappa shape index (κ2) is 13.3. The molecule has 218 valence electrons. The number of hydrogen-bond donors (Lipinski definition) is 0. The normalized spacial score (nSPS) is 15.1. The second-order valence-corrected chi connectivity index (χ2v) is 11.3. The third kappa shape index (κ3) is 6.17. The Hall–Kier alpha value is -3.65. The minimum Gasteiger partial charge on any atom is -0.496 e. The molecule has 0 radical (unpaired) electrons. The van der Waals surface area contributed by atoms with Crippen molar-refractivity contribution >= 4 is 29.1 Å². The number of nitrogens with zero attached hydrogens (tertiary/aromatic N) is 3. The molecule has 0 fully saturated rings. The first-order valence-electron chi connectivity index (χ1n) is 14.5. The first-order chi connectivity index (χ1) is 19.8. The van der Waals surface area contributed by atoms with Gasteiger partial charge in [0.2, 0.25) is 0 Å². The Balaban J connectivity index is 1.94. The molecule has 1 aromatic heterocycles. The van der Waals surface area contributed by atoms with Crippen LogP contribution in [0, 0.1) is 0 Å². The zero-order chi connectivity index (χ0) is 29.7. The van der Waals surface area contributed by atoms with E-state index < -0.39 is 12.0 Å². The number of methoxy groups -OCH3 is 1. The van der Waals surface area contributed by atoms with Crippen LogP contribution in [0.1, 0.15) is 83.0 Å². The fourth-order valence-corrected chi connectivity index (χ4v) is 6.26. The summed E-state index contributed by atoms with van der Waals surface area (Å²) in [6, 6.07) is 13.6. The lowest BCUT2D eigenvalue weighted by Crippen LogP contribution is -2.40. The molecule has 0 saturated carbocycles. The van der Waals surface area contributed by atoms with Gasteiger partial charge >= 0.3 is 5.97 Å². The summed E-state index contributed by atoms with van der Waals surface area (Å²) >= 11 is 1.33. The molecule has 0 aliphatic carbocycles. The van der Waals surface area contributed by atoms with Gasteiger partial charge in [-0.25, -0.2) is 9.79 Å². The lowest BCUT2D eigenvalue weighted by Gasteiger charge is -2.26. The van der Waals surface area contributed by atoms with Crippen molar-refractivity contribution in [2.24, 2.45) is 4.99 Å². The van der Waals surface area contributed by atoms with Gasteiger partial charge in [-0.05, 0) is 62.4 Å². The standard InChI is InChI=1S/C33H41N3O4S/c1-8-12-26-29(32(38)40-11-4)30(23-15-13-22(14-16-23)21(5)6)36-31(37)28(41-33(36)34-26)19-24-17-18-25(20-27(24)39-7)35(9-2)10-3/h13-21,30H,8-12H2,1-7H3/b28-19-/t30-/m0/s1. The highest BCUT2D eigenvalue weighted by molar-refractivity contribution is 7.07. The van der Waals surface area contributed by atoms with Gasteiger partial charge in [-0.2, -0.15) is 0 Å². The molecule has 2 heterocycles. The molecule has 7 nitrogen and oxygen atoms in total. The summed E-state index contributed by atoms with van der Waals surface area (Å²) in [5.74, 6) is 0.630.